The molecule has 0 aliphatic carbocycles. The maximum Gasteiger partial charge on any atom is 0.123 e. The van der Waals surface area contributed by atoms with Crippen LogP contribution in [0, 0.1) is 5.82 Å². The highest BCUT2D eigenvalue weighted by atomic mass is 19.1. The van der Waals surface area contributed by atoms with Gasteiger partial charge in [0.15, 0.2) is 0 Å². The molecule has 110 valence electrons. The molecular formula is C17H19FN2O. The fourth-order valence-corrected chi connectivity index (χ4v) is 2.71. The number of hydrogen-bond donors (Lipinski definition) is 2. The van der Waals surface area contributed by atoms with Crippen molar-refractivity contribution in [3.8, 4) is 11.1 Å². The zero-order chi connectivity index (χ0) is 14.9. The van der Waals surface area contributed by atoms with Gasteiger partial charge in [-0.15, -0.1) is 0 Å². The average Bonchev–Trinajstić information content (AvgIpc) is 2.48. The molecule has 1 aliphatic heterocycles. The van der Waals surface area contributed by atoms with Crippen LogP contribution in [0.2, 0.25) is 0 Å². The van der Waals surface area contributed by atoms with Crippen LogP contribution in [0.5, 0.6) is 0 Å². The van der Waals surface area contributed by atoms with Gasteiger partial charge in [-0.05, 0) is 41.8 Å². The summed E-state index contributed by atoms with van der Waals surface area (Å²) < 4.78 is 19.0. The summed E-state index contributed by atoms with van der Waals surface area (Å²) in [5, 5.41) is 3.29. The minimum absolute atomic E-state index is 0.229. The number of ether oxygens (including phenoxy) is 1. The van der Waals surface area contributed by atoms with Gasteiger partial charge in [0.05, 0.1) is 0 Å². The standard InChI is InChI=1S/C17H19FN2O/c1-17(11-20-10-16(19)21-17)14-4-2-3-13(9-14)12-5-7-15(18)8-6-12/h2-9,16,20H,10-11,19H2,1H3. The number of rotatable bonds is 2. The zero-order valence-electron chi connectivity index (χ0n) is 12.0. The van der Waals surface area contributed by atoms with Crippen LogP contribution >= 0.6 is 0 Å². The summed E-state index contributed by atoms with van der Waals surface area (Å²) in [6, 6.07) is 14.6. The topological polar surface area (TPSA) is 47.3 Å². The normalized spacial score (nSPS) is 25.8. The van der Waals surface area contributed by atoms with Crippen molar-refractivity contribution < 1.29 is 9.13 Å². The minimum Gasteiger partial charge on any atom is -0.350 e. The van der Waals surface area contributed by atoms with E-state index in [1.165, 1.54) is 12.1 Å². The summed E-state index contributed by atoms with van der Waals surface area (Å²) in [6.45, 7) is 3.41. The van der Waals surface area contributed by atoms with Crippen LogP contribution in [0.4, 0.5) is 4.39 Å². The minimum atomic E-state index is -0.451. The van der Waals surface area contributed by atoms with Crippen LogP contribution in [0.25, 0.3) is 11.1 Å². The van der Waals surface area contributed by atoms with Crippen molar-refractivity contribution in [3.63, 3.8) is 0 Å². The van der Waals surface area contributed by atoms with Gasteiger partial charge in [-0.3, -0.25) is 0 Å². The lowest BCUT2D eigenvalue weighted by molar-refractivity contribution is -0.107. The number of nitrogens with one attached hydrogen (secondary N) is 1. The maximum atomic E-state index is 13.0. The first kappa shape index (κ1) is 14.2. The van der Waals surface area contributed by atoms with E-state index < -0.39 is 5.60 Å². The Labute approximate surface area is 123 Å². The van der Waals surface area contributed by atoms with Crippen molar-refractivity contribution >= 4 is 0 Å². The van der Waals surface area contributed by atoms with Crippen LogP contribution in [0.3, 0.4) is 0 Å². The van der Waals surface area contributed by atoms with E-state index in [0.29, 0.717) is 13.1 Å². The van der Waals surface area contributed by atoms with Gasteiger partial charge >= 0.3 is 0 Å². The second-order valence-corrected chi connectivity index (χ2v) is 5.61. The van der Waals surface area contributed by atoms with E-state index in [0.717, 1.165) is 16.7 Å². The molecule has 3 nitrogen and oxygen atoms in total. The molecule has 0 radical (unpaired) electrons. The second kappa shape index (κ2) is 5.56. The molecule has 0 aromatic heterocycles. The molecule has 3 N–H and O–H groups in total. The Morgan fingerprint density at radius 2 is 1.95 bits per heavy atom. The highest BCUT2D eigenvalue weighted by molar-refractivity contribution is 5.64. The number of nitrogens with two attached hydrogens (primary N) is 1. The molecule has 0 saturated carbocycles. The van der Waals surface area contributed by atoms with Gasteiger partial charge in [0, 0.05) is 13.1 Å². The first-order valence-electron chi connectivity index (χ1n) is 7.07. The largest absolute Gasteiger partial charge is 0.350 e. The Morgan fingerprint density at radius 3 is 2.67 bits per heavy atom. The lowest BCUT2D eigenvalue weighted by atomic mass is 9.91. The third-order valence-electron chi connectivity index (χ3n) is 3.87. The van der Waals surface area contributed by atoms with Gasteiger partial charge < -0.3 is 15.8 Å². The predicted octanol–water partition coefficient (Wildman–Crippen LogP) is 2.61. The molecule has 2 aromatic carbocycles. The SMILES string of the molecule is CC1(c2cccc(-c3ccc(F)cc3)c2)CNCC(N)O1. The molecule has 1 saturated heterocycles. The first-order valence-corrected chi connectivity index (χ1v) is 7.07. The molecule has 2 atom stereocenters. The van der Waals surface area contributed by atoms with E-state index >= 15 is 0 Å². The molecule has 0 amide bonds. The van der Waals surface area contributed by atoms with Crippen molar-refractivity contribution in [1.29, 1.82) is 0 Å². The molecule has 2 aromatic rings. The maximum absolute atomic E-state index is 13.0. The Hall–Kier alpha value is -1.75. The predicted molar refractivity (Wildman–Crippen MR) is 81.1 cm³/mol. The summed E-state index contributed by atoms with van der Waals surface area (Å²) in [6.07, 6.45) is -0.307. The molecule has 1 aliphatic rings. The van der Waals surface area contributed by atoms with Gasteiger partial charge in [-0.2, -0.15) is 0 Å². The highest BCUT2D eigenvalue weighted by Gasteiger charge is 2.33. The van der Waals surface area contributed by atoms with Crippen LogP contribution < -0.4 is 11.1 Å². The summed E-state index contributed by atoms with van der Waals surface area (Å²) in [5.74, 6) is -0.229. The quantitative estimate of drug-likeness (QED) is 0.892. The molecular weight excluding hydrogens is 267 g/mol. The average molecular weight is 286 g/mol. The summed E-state index contributed by atoms with van der Waals surface area (Å²) >= 11 is 0. The highest BCUT2D eigenvalue weighted by Crippen LogP contribution is 2.31. The van der Waals surface area contributed by atoms with Crippen molar-refractivity contribution in [2.45, 2.75) is 18.8 Å². The summed E-state index contributed by atoms with van der Waals surface area (Å²) in [7, 11) is 0. The molecule has 4 heteroatoms. The third-order valence-corrected chi connectivity index (χ3v) is 3.87. The molecule has 21 heavy (non-hydrogen) atoms. The number of morpholine rings is 1. The molecule has 1 heterocycles. The van der Waals surface area contributed by atoms with Crippen LogP contribution in [-0.4, -0.2) is 19.3 Å². The molecule has 0 bridgehead atoms. The molecule has 0 spiro atoms. The van der Waals surface area contributed by atoms with Gasteiger partial charge in [-0.25, -0.2) is 4.39 Å². The van der Waals surface area contributed by atoms with E-state index in [9.17, 15) is 4.39 Å². The fourth-order valence-electron chi connectivity index (χ4n) is 2.71. The van der Waals surface area contributed by atoms with Crippen molar-refractivity contribution in [2.24, 2.45) is 5.73 Å². The lowest BCUT2D eigenvalue weighted by Gasteiger charge is -2.38. The Morgan fingerprint density at radius 1 is 1.19 bits per heavy atom. The van der Waals surface area contributed by atoms with E-state index in [1.54, 1.807) is 12.1 Å². The Balaban J connectivity index is 1.94. The van der Waals surface area contributed by atoms with Crippen LogP contribution in [-0.2, 0) is 10.3 Å². The van der Waals surface area contributed by atoms with Gasteiger partial charge in [0.25, 0.3) is 0 Å². The van der Waals surface area contributed by atoms with E-state index in [1.807, 2.05) is 25.1 Å². The lowest BCUT2D eigenvalue weighted by Crippen LogP contribution is -2.53. The van der Waals surface area contributed by atoms with Gasteiger partial charge in [0.2, 0.25) is 0 Å². The van der Waals surface area contributed by atoms with Crippen molar-refractivity contribution in [3.05, 3.63) is 59.9 Å². The molecule has 2 unspecified atom stereocenters. The zero-order valence-corrected chi connectivity index (χ0v) is 12.0. The van der Waals surface area contributed by atoms with E-state index in [2.05, 4.69) is 11.4 Å². The molecule has 3 rings (SSSR count). The fraction of sp³-hybridized carbons (Fsp3) is 0.294. The third kappa shape index (κ3) is 2.97. The smallest absolute Gasteiger partial charge is 0.123 e. The summed E-state index contributed by atoms with van der Waals surface area (Å²) in [4.78, 5) is 0. The number of benzene rings is 2. The van der Waals surface area contributed by atoms with E-state index in [4.69, 9.17) is 10.5 Å². The van der Waals surface area contributed by atoms with Gasteiger partial charge in [-0.1, -0.05) is 30.3 Å². The number of halogens is 1. The van der Waals surface area contributed by atoms with Crippen molar-refractivity contribution in [2.75, 3.05) is 13.1 Å². The second-order valence-electron chi connectivity index (χ2n) is 5.61. The molecule has 1 fully saturated rings. The van der Waals surface area contributed by atoms with Crippen molar-refractivity contribution in [1.82, 2.24) is 5.32 Å². The van der Waals surface area contributed by atoms with Crippen LogP contribution in [0.1, 0.15) is 12.5 Å². The summed E-state index contributed by atoms with van der Waals surface area (Å²) in [5.41, 5.74) is 8.52. The number of hydrogen-bond acceptors (Lipinski definition) is 3. The van der Waals surface area contributed by atoms with E-state index in [-0.39, 0.29) is 12.0 Å². The van der Waals surface area contributed by atoms with Crippen LogP contribution in [0.15, 0.2) is 48.5 Å². The Bertz CT molecular complexity index is 629. The first-order chi connectivity index (χ1) is 10.1. The Kier molecular flexibility index (Phi) is 3.76. The van der Waals surface area contributed by atoms with Gasteiger partial charge in [0.1, 0.15) is 17.6 Å². The monoisotopic (exact) mass is 286 g/mol.